The lowest BCUT2D eigenvalue weighted by molar-refractivity contribution is 0.555. The van der Waals surface area contributed by atoms with Crippen LogP contribution in [0.2, 0.25) is 0 Å². The zero-order valence-corrected chi connectivity index (χ0v) is 9.19. The summed E-state index contributed by atoms with van der Waals surface area (Å²) in [6, 6.07) is 0.348. The van der Waals surface area contributed by atoms with Crippen molar-refractivity contribution in [1.29, 1.82) is 0 Å². The highest BCUT2D eigenvalue weighted by atomic mass is 32.2. The van der Waals surface area contributed by atoms with E-state index in [1.807, 2.05) is 6.26 Å². The van der Waals surface area contributed by atoms with E-state index in [9.17, 15) is 0 Å². The molecule has 1 aromatic rings. The van der Waals surface area contributed by atoms with Gasteiger partial charge in [-0.15, -0.1) is 0 Å². The largest absolute Gasteiger partial charge is 0.383 e. The normalized spacial score (nSPS) is 19.7. The summed E-state index contributed by atoms with van der Waals surface area (Å²) >= 11 is 1.53. The molecule has 2 heterocycles. The fourth-order valence-corrected chi connectivity index (χ4v) is 2.10. The molecule has 5 heteroatoms. The Hall–Kier alpha value is -0.810. The van der Waals surface area contributed by atoms with E-state index in [-0.39, 0.29) is 0 Å². The third-order valence-electron chi connectivity index (χ3n) is 2.50. The molecule has 0 amide bonds. The molecule has 0 spiro atoms. The molecule has 3 N–H and O–H groups in total. The molecule has 0 radical (unpaired) electrons. The lowest BCUT2D eigenvalue weighted by Crippen LogP contribution is -2.11. The van der Waals surface area contributed by atoms with E-state index < -0.39 is 0 Å². The predicted molar refractivity (Wildman–Crippen MR) is 58.1 cm³/mol. The third-order valence-corrected chi connectivity index (χ3v) is 3.04. The van der Waals surface area contributed by atoms with Gasteiger partial charge in [0.1, 0.15) is 5.82 Å². The van der Waals surface area contributed by atoms with Crippen LogP contribution in [0.1, 0.15) is 30.6 Å². The Labute approximate surface area is 87.7 Å². The van der Waals surface area contributed by atoms with Crippen molar-refractivity contribution >= 4 is 17.6 Å². The zero-order chi connectivity index (χ0) is 10.1. The van der Waals surface area contributed by atoms with Crippen molar-refractivity contribution in [2.24, 2.45) is 0 Å². The highest BCUT2D eigenvalue weighted by molar-refractivity contribution is 7.98. The Morgan fingerprint density at radius 2 is 2.36 bits per heavy atom. The summed E-state index contributed by atoms with van der Waals surface area (Å²) in [4.78, 5) is 8.72. The Morgan fingerprint density at radius 3 is 3.00 bits per heavy atom. The van der Waals surface area contributed by atoms with Crippen LogP contribution in [0.4, 0.5) is 5.82 Å². The first-order valence-electron chi connectivity index (χ1n) is 4.70. The Kier molecular flexibility index (Phi) is 2.60. The summed E-state index contributed by atoms with van der Waals surface area (Å²) in [6.07, 6.45) is 3.00. The van der Waals surface area contributed by atoms with Crippen molar-refractivity contribution in [2.45, 2.75) is 31.1 Å². The van der Waals surface area contributed by atoms with E-state index in [4.69, 9.17) is 5.73 Å². The molecular formula is C9H14N4S. The predicted octanol–water partition coefficient (Wildman–Crippen LogP) is 1.33. The fourth-order valence-electron chi connectivity index (χ4n) is 1.72. The number of thioether (sulfide) groups is 1. The summed E-state index contributed by atoms with van der Waals surface area (Å²) in [5.41, 5.74) is 8.03. The average Bonchev–Trinajstić information content (AvgIpc) is 2.61. The smallest absolute Gasteiger partial charge is 0.189 e. The van der Waals surface area contributed by atoms with E-state index in [2.05, 4.69) is 22.2 Å². The minimum absolute atomic E-state index is 0.348. The molecule has 0 aliphatic carbocycles. The summed E-state index contributed by atoms with van der Waals surface area (Å²) in [7, 11) is 0. The molecule has 0 fully saturated rings. The molecule has 0 bridgehead atoms. The molecule has 1 aliphatic rings. The van der Waals surface area contributed by atoms with Crippen molar-refractivity contribution in [3.63, 3.8) is 0 Å². The molecule has 2 rings (SSSR count). The van der Waals surface area contributed by atoms with Crippen molar-refractivity contribution < 1.29 is 0 Å². The van der Waals surface area contributed by atoms with Crippen molar-refractivity contribution in [3.8, 4) is 0 Å². The van der Waals surface area contributed by atoms with Crippen LogP contribution in [-0.4, -0.2) is 16.2 Å². The quantitative estimate of drug-likeness (QED) is 0.569. The molecule has 0 saturated heterocycles. The molecule has 0 saturated carbocycles. The van der Waals surface area contributed by atoms with Gasteiger partial charge in [-0.05, 0) is 12.7 Å². The van der Waals surface area contributed by atoms with Crippen LogP contribution in [0, 0.1) is 0 Å². The topological polar surface area (TPSA) is 63.8 Å². The maximum atomic E-state index is 5.86. The van der Waals surface area contributed by atoms with E-state index in [0.717, 1.165) is 29.4 Å². The molecule has 4 nitrogen and oxygen atoms in total. The highest BCUT2D eigenvalue weighted by Gasteiger charge is 2.25. The third kappa shape index (κ3) is 1.46. The average molecular weight is 210 g/mol. The van der Waals surface area contributed by atoms with E-state index in [1.54, 1.807) is 0 Å². The minimum atomic E-state index is 0.348. The van der Waals surface area contributed by atoms with Crippen molar-refractivity contribution in [2.75, 3.05) is 12.0 Å². The molecular weight excluding hydrogens is 196 g/mol. The van der Waals surface area contributed by atoms with Crippen LogP contribution >= 0.6 is 11.8 Å². The van der Waals surface area contributed by atoms with Gasteiger partial charge in [0, 0.05) is 12.1 Å². The highest BCUT2D eigenvalue weighted by Crippen LogP contribution is 2.30. The number of nitrogens with one attached hydrogen (secondary N) is 1. The number of aromatic nitrogens is 2. The molecule has 76 valence electrons. The minimum Gasteiger partial charge on any atom is -0.383 e. The van der Waals surface area contributed by atoms with Gasteiger partial charge in [0.15, 0.2) is 5.16 Å². The Balaban J connectivity index is 2.47. The van der Waals surface area contributed by atoms with Gasteiger partial charge in [-0.1, -0.05) is 18.7 Å². The van der Waals surface area contributed by atoms with Crippen LogP contribution in [0.15, 0.2) is 5.16 Å². The van der Waals surface area contributed by atoms with Crippen LogP contribution in [-0.2, 0) is 6.54 Å². The number of fused-ring (bicyclic) bond motifs is 1. The number of nitrogens with two attached hydrogens (primary N) is 1. The first-order valence-corrected chi connectivity index (χ1v) is 5.92. The second-order valence-electron chi connectivity index (χ2n) is 3.30. The summed E-state index contributed by atoms with van der Waals surface area (Å²) in [5, 5.41) is 4.14. The van der Waals surface area contributed by atoms with Gasteiger partial charge >= 0.3 is 0 Å². The van der Waals surface area contributed by atoms with Gasteiger partial charge in [0.05, 0.1) is 11.7 Å². The fraction of sp³-hybridized carbons (Fsp3) is 0.556. The maximum Gasteiger partial charge on any atom is 0.189 e. The van der Waals surface area contributed by atoms with E-state index in [1.165, 1.54) is 11.8 Å². The number of anilines is 1. The lowest BCUT2D eigenvalue weighted by Gasteiger charge is -2.08. The monoisotopic (exact) mass is 210 g/mol. The Bertz CT molecular complexity index is 353. The van der Waals surface area contributed by atoms with Crippen LogP contribution in [0.25, 0.3) is 0 Å². The maximum absolute atomic E-state index is 5.86. The van der Waals surface area contributed by atoms with E-state index >= 15 is 0 Å². The zero-order valence-electron chi connectivity index (χ0n) is 8.37. The second-order valence-corrected chi connectivity index (χ2v) is 4.07. The van der Waals surface area contributed by atoms with Crippen molar-refractivity contribution in [3.05, 3.63) is 11.3 Å². The molecule has 0 aromatic carbocycles. The summed E-state index contributed by atoms with van der Waals surface area (Å²) in [5.74, 6) is 0.628. The van der Waals surface area contributed by atoms with Gasteiger partial charge in [-0.2, -0.15) is 0 Å². The number of nitrogens with zero attached hydrogens (tertiary/aromatic N) is 2. The SMILES string of the molecule is CCC1NCc2c(N)nc(SC)nc21. The Morgan fingerprint density at radius 1 is 1.57 bits per heavy atom. The lowest BCUT2D eigenvalue weighted by atomic mass is 10.1. The first-order chi connectivity index (χ1) is 6.76. The van der Waals surface area contributed by atoms with Gasteiger partial charge < -0.3 is 11.1 Å². The van der Waals surface area contributed by atoms with Crippen LogP contribution in [0.5, 0.6) is 0 Å². The van der Waals surface area contributed by atoms with Gasteiger partial charge in [-0.25, -0.2) is 9.97 Å². The number of hydrogen-bond acceptors (Lipinski definition) is 5. The van der Waals surface area contributed by atoms with Crippen LogP contribution in [0.3, 0.4) is 0 Å². The van der Waals surface area contributed by atoms with Gasteiger partial charge in [0.25, 0.3) is 0 Å². The number of nitrogen functional groups attached to an aromatic ring is 1. The van der Waals surface area contributed by atoms with Gasteiger partial charge in [-0.3, -0.25) is 0 Å². The first kappa shape index (κ1) is 9.73. The van der Waals surface area contributed by atoms with Crippen LogP contribution < -0.4 is 11.1 Å². The number of hydrogen-bond donors (Lipinski definition) is 2. The summed E-state index contributed by atoms with van der Waals surface area (Å²) in [6.45, 7) is 2.94. The molecule has 1 aromatic heterocycles. The standard InChI is InChI=1S/C9H14N4S/c1-3-6-7-5(4-11-6)8(10)13-9(12-7)14-2/h6,11H,3-4H2,1-2H3,(H2,10,12,13). The van der Waals surface area contributed by atoms with Gasteiger partial charge in [0.2, 0.25) is 0 Å². The summed E-state index contributed by atoms with van der Waals surface area (Å²) < 4.78 is 0. The number of rotatable bonds is 2. The second kappa shape index (κ2) is 3.74. The van der Waals surface area contributed by atoms with E-state index in [0.29, 0.717) is 11.9 Å². The molecule has 1 unspecified atom stereocenters. The molecule has 1 atom stereocenters. The molecule has 1 aliphatic heterocycles. The van der Waals surface area contributed by atoms with Crippen molar-refractivity contribution in [1.82, 2.24) is 15.3 Å². The molecule has 14 heavy (non-hydrogen) atoms.